The average molecular weight is 277 g/mol. The van der Waals surface area contributed by atoms with Gasteiger partial charge in [0.2, 0.25) is 0 Å². The third-order valence-electron chi connectivity index (χ3n) is 3.58. The highest BCUT2D eigenvalue weighted by molar-refractivity contribution is 5.49. The van der Waals surface area contributed by atoms with Gasteiger partial charge in [-0.3, -0.25) is 0 Å². The number of nitrogens with two attached hydrogens (primary N) is 1. The second kappa shape index (κ2) is 5.77. The summed E-state index contributed by atoms with van der Waals surface area (Å²) in [6, 6.07) is 4.44. The van der Waals surface area contributed by atoms with E-state index in [-0.39, 0.29) is 11.0 Å². The van der Waals surface area contributed by atoms with E-state index in [0.717, 1.165) is 5.75 Å². The molecule has 0 aromatic heterocycles. The third-order valence-corrected chi connectivity index (χ3v) is 3.58. The van der Waals surface area contributed by atoms with Gasteiger partial charge in [0, 0.05) is 5.54 Å². The number of hydrogen-bond acceptors (Lipinski definition) is 2. The van der Waals surface area contributed by atoms with Crippen molar-refractivity contribution in [1.29, 1.82) is 0 Å². The normalized spacial score (nSPS) is 12.9. The van der Waals surface area contributed by atoms with E-state index in [1.165, 1.54) is 16.7 Å². The summed E-state index contributed by atoms with van der Waals surface area (Å²) in [4.78, 5) is 0. The summed E-state index contributed by atoms with van der Waals surface area (Å²) in [7, 11) is 0. The number of benzene rings is 1. The van der Waals surface area contributed by atoms with Gasteiger partial charge in [-0.2, -0.15) is 0 Å². The molecule has 1 aromatic rings. The molecule has 0 amide bonds. The summed E-state index contributed by atoms with van der Waals surface area (Å²) < 4.78 is 5.88. The molecule has 0 saturated heterocycles. The summed E-state index contributed by atoms with van der Waals surface area (Å²) in [5, 5.41) is 0. The lowest BCUT2D eigenvalue weighted by Crippen LogP contribution is -2.31. The van der Waals surface area contributed by atoms with Gasteiger partial charge in [0.15, 0.2) is 0 Å². The van der Waals surface area contributed by atoms with E-state index < -0.39 is 0 Å². The minimum absolute atomic E-state index is 0.0417. The fourth-order valence-electron chi connectivity index (χ4n) is 2.49. The summed E-state index contributed by atoms with van der Waals surface area (Å²) in [6.45, 7) is 17.9. The Morgan fingerprint density at radius 2 is 1.60 bits per heavy atom. The van der Waals surface area contributed by atoms with Gasteiger partial charge in [-0.1, -0.05) is 34.6 Å². The van der Waals surface area contributed by atoms with Crippen LogP contribution in [0.3, 0.4) is 0 Å². The van der Waals surface area contributed by atoms with Crippen molar-refractivity contribution in [1.82, 2.24) is 0 Å². The molecule has 0 heterocycles. The molecule has 20 heavy (non-hydrogen) atoms. The van der Waals surface area contributed by atoms with E-state index in [2.05, 4.69) is 60.6 Å². The van der Waals surface area contributed by atoms with Crippen LogP contribution >= 0.6 is 0 Å². The predicted octanol–water partition coefficient (Wildman–Crippen LogP) is 4.70. The highest BCUT2D eigenvalue weighted by Crippen LogP contribution is 2.38. The van der Waals surface area contributed by atoms with E-state index in [4.69, 9.17) is 10.5 Å². The predicted molar refractivity (Wildman–Crippen MR) is 87.6 cm³/mol. The molecule has 0 aliphatic heterocycles. The molecule has 0 saturated carbocycles. The molecule has 114 valence electrons. The van der Waals surface area contributed by atoms with E-state index in [9.17, 15) is 0 Å². The van der Waals surface area contributed by atoms with E-state index in [0.29, 0.717) is 12.5 Å². The Morgan fingerprint density at radius 1 is 1.05 bits per heavy atom. The van der Waals surface area contributed by atoms with Crippen LogP contribution < -0.4 is 10.5 Å². The molecule has 2 N–H and O–H groups in total. The van der Waals surface area contributed by atoms with Crippen LogP contribution in [0, 0.1) is 0 Å². The molecule has 0 spiro atoms. The molecular weight excluding hydrogens is 246 g/mol. The van der Waals surface area contributed by atoms with Crippen LogP contribution in [0.2, 0.25) is 0 Å². The van der Waals surface area contributed by atoms with E-state index in [1.807, 2.05) is 6.92 Å². The summed E-state index contributed by atoms with van der Waals surface area (Å²) >= 11 is 0. The number of ether oxygens (including phenoxy) is 1. The Balaban J connectivity index is 3.61. The van der Waals surface area contributed by atoms with Gasteiger partial charge in [0.05, 0.1) is 6.61 Å². The zero-order valence-corrected chi connectivity index (χ0v) is 14.4. The molecular formula is C18H31NO. The summed E-state index contributed by atoms with van der Waals surface area (Å²) in [6.07, 6.45) is 0. The minimum atomic E-state index is -0.343. The third kappa shape index (κ3) is 3.76. The van der Waals surface area contributed by atoms with Crippen LogP contribution in [0.4, 0.5) is 0 Å². The number of hydrogen-bond donors (Lipinski definition) is 1. The first-order valence-electron chi connectivity index (χ1n) is 7.59. The van der Waals surface area contributed by atoms with Crippen molar-refractivity contribution in [2.24, 2.45) is 5.73 Å². The lowest BCUT2D eigenvalue weighted by molar-refractivity contribution is 0.328. The van der Waals surface area contributed by atoms with Gasteiger partial charge in [0.1, 0.15) is 5.75 Å². The second-order valence-corrected chi connectivity index (χ2v) is 7.50. The summed E-state index contributed by atoms with van der Waals surface area (Å²) in [5.41, 5.74) is 9.83. The summed E-state index contributed by atoms with van der Waals surface area (Å²) in [5.74, 6) is 1.43. The van der Waals surface area contributed by atoms with Crippen LogP contribution in [-0.4, -0.2) is 6.61 Å². The molecule has 2 nitrogen and oxygen atoms in total. The zero-order chi connectivity index (χ0) is 15.7. The molecule has 1 rings (SSSR count). The van der Waals surface area contributed by atoms with Gasteiger partial charge in [-0.25, -0.2) is 0 Å². The highest BCUT2D eigenvalue weighted by atomic mass is 16.5. The van der Waals surface area contributed by atoms with Crippen molar-refractivity contribution in [2.45, 2.75) is 72.3 Å². The van der Waals surface area contributed by atoms with Crippen LogP contribution in [0.25, 0.3) is 0 Å². The monoisotopic (exact) mass is 277 g/mol. The molecule has 0 bridgehead atoms. The highest BCUT2D eigenvalue weighted by Gasteiger charge is 2.27. The van der Waals surface area contributed by atoms with Crippen molar-refractivity contribution in [3.8, 4) is 5.75 Å². The minimum Gasteiger partial charge on any atom is -0.494 e. The fourth-order valence-corrected chi connectivity index (χ4v) is 2.49. The quantitative estimate of drug-likeness (QED) is 0.865. The van der Waals surface area contributed by atoms with Crippen LogP contribution in [0.1, 0.15) is 78.0 Å². The lowest BCUT2D eigenvalue weighted by atomic mass is 9.79. The lowest BCUT2D eigenvalue weighted by Gasteiger charge is -2.30. The van der Waals surface area contributed by atoms with Crippen molar-refractivity contribution in [2.75, 3.05) is 6.61 Å². The van der Waals surface area contributed by atoms with Gasteiger partial charge in [0.25, 0.3) is 0 Å². The molecule has 1 aromatic carbocycles. The maximum absolute atomic E-state index is 6.39. The molecule has 0 atom stereocenters. The Labute approximate surface area is 124 Å². The first-order valence-corrected chi connectivity index (χ1v) is 7.59. The molecule has 0 radical (unpaired) electrons. The van der Waals surface area contributed by atoms with Gasteiger partial charge in [-0.15, -0.1) is 0 Å². The molecule has 0 aliphatic rings. The van der Waals surface area contributed by atoms with Gasteiger partial charge in [-0.05, 0) is 60.9 Å². The van der Waals surface area contributed by atoms with Crippen molar-refractivity contribution >= 4 is 0 Å². The Morgan fingerprint density at radius 3 is 1.95 bits per heavy atom. The SMILES string of the molecule is CCOc1cc(C(C)C)c(C(C)(C)N)cc1C(C)(C)C. The number of rotatable bonds is 4. The maximum atomic E-state index is 6.39. The maximum Gasteiger partial charge on any atom is 0.123 e. The largest absolute Gasteiger partial charge is 0.494 e. The molecule has 2 heteroatoms. The second-order valence-electron chi connectivity index (χ2n) is 7.50. The Kier molecular flexibility index (Phi) is 4.91. The van der Waals surface area contributed by atoms with Crippen molar-refractivity contribution in [3.63, 3.8) is 0 Å². The van der Waals surface area contributed by atoms with Crippen LogP contribution in [0.5, 0.6) is 5.75 Å². The van der Waals surface area contributed by atoms with Crippen LogP contribution in [0.15, 0.2) is 12.1 Å². The zero-order valence-electron chi connectivity index (χ0n) is 14.4. The standard InChI is InChI=1S/C18H31NO/c1-9-20-16-10-13(12(2)3)14(18(7,8)19)11-15(16)17(4,5)6/h10-12H,9,19H2,1-8H3. The molecule has 0 unspecified atom stereocenters. The van der Waals surface area contributed by atoms with Gasteiger partial charge < -0.3 is 10.5 Å². The van der Waals surface area contributed by atoms with E-state index in [1.54, 1.807) is 0 Å². The average Bonchev–Trinajstić information content (AvgIpc) is 2.25. The van der Waals surface area contributed by atoms with E-state index >= 15 is 0 Å². The Bertz CT molecular complexity index is 462. The Hall–Kier alpha value is -1.02. The first-order chi connectivity index (χ1) is 8.98. The molecule has 0 aliphatic carbocycles. The first kappa shape index (κ1) is 17.0. The van der Waals surface area contributed by atoms with Crippen molar-refractivity contribution < 1.29 is 4.74 Å². The fraction of sp³-hybridized carbons (Fsp3) is 0.667. The topological polar surface area (TPSA) is 35.2 Å². The van der Waals surface area contributed by atoms with Crippen molar-refractivity contribution in [3.05, 3.63) is 28.8 Å². The smallest absolute Gasteiger partial charge is 0.123 e. The molecule has 0 fully saturated rings. The van der Waals surface area contributed by atoms with Gasteiger partial charge >= 0.3 is 0 Å². The van der Waals surface area contributed by atoms with Crippen LogP contribution in [-0.2, 0) is 11.0 Å².